The molecule has 1 aliphatic heterocycles. The third-order valence-corrected chi connectivity index (χ3v) is 5.68. The van der Waals surface area contributed by atoms with Crippen LogP contribution in [0.3, 0.4) is 0 Å². The Hall–Kier alpha value is -2.28. The lowest BCUT2D eigenvalue weighted by molar-refractivity contribution is -0.272. The molecule has 5 atom stereocenters. The fourth-order valence-electron chi connectivity index (χ4n) is 3.31. The van der Waals surface area contributed by atoms with E-state index in [2.05, 4.69) is 31.6 Å². The van der Waals surface area contributed by atoms with Gasteiger partial charge in [0.15, 0.2) is 16.5 Å². The van der Waals surface area contributed by atoms with Crippen LogP contribution in [-0.2, 0) is 23.7 Å². The van der Waals surface area contributed by atoms with Crippen molar-refractivity contribution >= 4 is 52.2 Å². The Bertz CT molecular complexity index is 901. The summed E-state index contributed by atoms with van der Waals surface area (Å²) in [6.07, 6.45) is -4.82. The molecule has 2 unspecified atom stereocenters. The molecule has 8 N–H and O–H groups in total. The van der Waals surface area contributed by atoms with Gasteiger partial charge in [0.05, 0.1) is 39.6 Å². The van der Waals surface area contributed by atoms with Gasteiger partial charge in [-0.05, 0) is 36.6 Å². The maximum atomic E-state index is 11.4. The van der Waals surface area contributed by atoms with Crippen LogP contribution < -0.4 is 26.6 Å². The second-order valence-corrected chi connectivity index (χ2v) is 8.84. The molecule has 1 aromatic heterocycles. The molecule has 0 radical (unpaired) electrons. The zero-order valence-corrected chi connectivity index (χ0v) is 22.8. The number of thiocarbonyl (C=S) groups is 2. The fraction of sp³-hybridized carbons (Fsp3) is 0.636. The number of aliphatic hydroxyl groups excluding tert-OH is 3. The van der Waals surface area contributed by atoms with Gasteiger partial charge in [-0.15, -0.1) is 0 Å². The van der Waals surface area contributed by atoms with Crippen molar-refractivity contribution in [1.82, 2.24) is 20.9 Å². The number of rotatable bonds is 14. The highest BCUT2D eigenvalue weighted by Gasteiger charge is 2.45. The van der Waals surface area contributed by atoms with Gasteiger partial charge in [-0.2, -0.15) is 0 Å². The van der Waals surface area contributed by atoms with Crippen LogP contribution in [-0.4, -0.2) is 120 Å². The van der Waals surface area contributed by atoms with E-state index < -0.39 is 43.2 Å². The van der Waals surface area contributed by atoms with Crippen LogP contribution in [0, 0.1) is 0 Å². The molecule has 0 saturated carbocycles. The topological polar surface area (TPSA) is 188 Å². The average molecular weight is 577 g/mol. The van der Waals surface area contributed by atoms with Gasteiger partial charge in [0.1, 0.15) is 36.0 Å². The lowest BCUT2D eigenvalue weighted by atomic mass is 9.97. The Morgan fingerprint density at radius 3 is 2.29 bits per heavy atom. The van der Waals surface area contributed by atoms with E-state index >= 15 is 0 Å². The molecule has 2 heterocycles. The normalized spacial score (nSPS) is 22.8. The highest BCUT2D eigenvalue weighted by atomic mass is 32.1. The van der Waals surface area contributed by atoms with E-state index in [9.17, 15) is 20.1 Å². The minimum absolute atomic E-state index is 0.0920. The van der Waals surface area contributed by atoms with E-state index in [0.717, 1.165) is 0 Å². The summed E-state index contributed by atoms with van der Waals surface area (Å²) in [6, 6.07) is 4.38. The van der Waals surface area contributed by atoms with Crippen LogP contribution in [0.15, 0.2) is 18.2 Å². The standard InChI is InChI=1S/C22H36N6O8S2/c1-13(30)25-17-19(32)18(31)14(12-29)36-20(17)35-11-10-34-9-8-33-7-6-24-22(38)28-16-5-3-4-15(26-16)27-21(37)23-2/h3-5,14,17-20,29,31-32H,6-12H2,1-2H3,(H,25,30)(H4,23,24,26,27,28,37,38)/t14?,17?,18-,19-,20-/m1/s1. The molecule has 214 valence electrons. The van der Waals surface area contributed by atoms with E-state index in [0.29, 0.717) is 48.2 Å². The third kappa shape index (κ3) is 11.2. The van der Waals surface area contributed by atoms with Crippen LogP contribution in [0.1, 0.15) is 6.92 Å². The van der Waals surface area contributed by atoms with Crippen LogP contribution >= 0.6 is 24.4 Å². The van der Waals surface area contributed by atoms with E-state index in [-0.39, 0.29) is 13.2 Å². The van der Waals surface area contributed by atoms with Crippen molar-refractivity contribution in [1.29, 1.82) is 0 Å². The largest absolute Gasteiger partial charge is 0.394 e. The summed E-state index contributed by atoms with van der Waals surface area (Å²) in [7, 11) is 1.71. The number of aliphatic hydroxyl groups is 3. The molecule has 0 aliphatic carbocycles. The Morgan fingerprint density at radius 2 is 1.66 bits per heavy atom. The minimum Gasteiger partial charge on any atom is -0.394 e. The second kappa shape index (κ2) is 17.3. The minimum atomic E-state index is -1.36. The molecule has 1 aromatic rings. The second-order valence-electron chi connectivity index (χ2n) is 8.02. The highest BCUT2D eigenvalue weighted by molar-refractivity contribution is 7.80. The van der Waals surface area contributed by atoms with Gasteiger partial charge < -0.3 is 60.9 Å². The lowest BCUT2D eigenvalue weighted by Gasteiger charge is -2.42. The first-order valence-electron chi connectivity index (χ1n) is 11.9. The summed E-state index contributed by atoms with van der Waals surface area (Å²) in [6.45, 7) is 2.57. The molecule has 1 fully saturated rings. The number of amides is 1. The predicted molar refractivity (Wildman–Crippen MR) is 147 cm³/mol. The summed E-state index contributed by atoms with van der Waals surface area (Å²) >= 11 is 10.3. The number of carbonyl (C=O) groups is 1. The molecule has 1 aliphatic rings. The maximum Gasteiger partial charge on any atom is 0.217 e. The van der Waals surface area contributed by atoms with Gasteiger partial charge >= 0.3 is 0 Å². The number of pyridine rings is 1. The molecular formula is C22H36N6O8S2. The van der Waals surface area contributed by atoms with Crippen LogP contribution in [0.2, 0.25) is 0 Å². The zero-order chi connectivity index (χ0) is 27.9. The van der Waals surface area contributed by atoms with Crippen molar-refractivity contribution in [2.75, 3.05) is 63.9 Å². The third-order valence-electron chi connectivity index (χ3n) is 5.12. The van der Waals surface area contributed by atoms with Gasteiger partial charge in [0.25, 0.3) is 0 Å². The SMILES string of the molecule is CNC(=S)Nc1cccc(NC(=S)NCCOCCOCCO[C@@H]2OC(CO)[C@@H](O)[C@H](O)C2NC(C)=O)n1. The number of ether oxygens (including phenoxy) is 4. The van der Waals surface area contributed by atoms with Gasteiger partial charge in [-0.1, -0.05) is 6.07 Å². The number of nitrogens with one attached hydrogen (secondary N) is 5. The molecule has 0 spiro atoms. The van der Waals surface area contributed by atoms with Crippen molar-refractivity contribution in [3.63, 3.8) is 0 Å². The van der Waals surface area contributed by atoms with Gasteiger partial charge in [0, 0.05) is 20.5 Å². The van der Waals surface area contributed by atoms with Crippen molar-refractivity contribution in [3.8, 4) is 0 Å². The smallest absolute Gasteiger partial charge is 0.217 e. The summed E-state index contributed by atoms with van der Waals surface area (Å²) in [4.78, 5) is 15.8. The number of aromatic nitrogens is 1. The van der Waals surface area contributed by atoms with E-state index in [1.807, 2.05) is 6.07 Å². The molecule has 1 saturated heterocycles. The summed E-state index contributed by atoms with van der Waals surface area (Å²) in [5, 5.41) is 44.7. The Balaban J connectivity index is 1.56. The van der Waals surface area contributed by atoms with Crippen molar-refractivity contribution in [3.05, 3.63) is 18.2 Å². The molecule has 14 nitrogen and oxygen atoms in total. The van der Waals surface area contributed by atoms with Crippen molar-refractivity contribution in [2.24, 2.45) is 0 Å². The van der Waals surface area contributed by atoms with Gasteiger partial charge in [-0.3, -0.25) is 4.79 Å². The number of nitrogens with zero attached hydrogens (tertiary/aromatic N) is 1. The van der Waals surface area contributed by atoms with Gasteiger partial charge in [0.2, 0.25) is 5.91 Å². The summed E-state index contributed by atoms with van der Waals surface area (Å²) in [5.74, 6) is 0.715. The molecular weight excluding hydrogens is 540 g/mol. The first-order valence-corrected chi connectivity index (χ1v) is 12.7. The first-order chi connectivity index (χ1) is 18.2. The number of anilines is 2. The van der Waals surface area contributed by atoms with E-state index in [1.54, 1.807) is 19.2 Å². The van der Waals surface area contributed by atoms with Crippen molar-refractivity contribution < 1.29 is 39.1 Å². The average Bonchev–Trinajstić information content (AvgIpc) is 2.88. The Kier molecular flexibility index (Phi) is 14.6. The zero-order valence-electron chi connectivity index (χ0n) is 21.2. The van der Waals surface area contributed by atoms with Crippen LogP contribution in [0.25, 0.3) is 0 Å². The van der Waals surface area contributed by atoms with Gasteiger partial charge in [-0.25, -0.2) is 4.98 Å². The summed E-state index contributed by atoms with van der Waals surface area (Å²) in [5.41, 5.74) is 0. The Labute approximate surface area is 231 Å². The molecule has 16 heteroatoms. The molecule has 2 rings (SSSR count). The number of hydrogen-bond acceptors (Lipinski definition) is 11. The molecule has 0 bridgehead atoms. The quantitative estimate of drug-likeness (QED) is 0.0922. The molecule has 1 amide bonds. The van der Waals surface area contributed by atoms with E-state index in [4.69, 9.17) is 43.4 Å². The van der Waals surface area contributed by atoms with Crippen LogP contribution in [0.5, 0.6) is 0 Å². The number of hydrogen-bond donors (Lipinski definition) is 8. The Morgan fingerprint density at radius 1 is 1.03 bits per heavy atom. The number of carbonyl (C=O) groups excluding carboxylic acids is 1. The molecule has 38 heavy (non-hydrogen) atoms. The monoisotopic (exact) mass is 576 g/mol. The first kappa shape index (κ1) is 31.9. The lowest BCUT2D eigenvalue weighted by Crippen LogP contribution is -2.64. The van der Waals surface area contributed by atoms with Crippen LogP contribution in [0.4, 0.5) is 11.6 Å². The highest BCUT2D eigenvalue weighted by Crippen LogP contribution is 2.22. The van der Waals surface area contributed by atoms with E-state index in [1.165, 1.54) is 6.92 Å². The maximum absolute atomic E-state index is 11.4. The molecule has 0 aromatic carbocycles. The van der Waals surface area contributed by atoms with Crippen molar-refractivity contribution in [2.45, 2.75) is 37.6 Å². The predicted octanol–water partition coefficient (Wildman–Crippen LogP) is -1.72. The summed E-state index contributed by atoms with van der Waals surface area (Å²) < 4.78 is 22.0. The fourth-order valence-corrected chi connectivity index (χ4v) is 3.62.